The number of rotatable bonds is 13. The lowest BCUT2D eigenvalue weighted by atomic mass is 9.95. The first kappa shape index (κ1) is 27.3. The smallest absolute Gasteiger partial charge is 0.295 e. The summed E-state index contributed by atoms with van der Waals surface area (Å²) in [6, 6.07) is 13.7. The Balaban J connectivity index is 2.03. The third-order valence-electron chi connectivity index (χ3n) is 6.47. The van der Waals surface area contributed by atoms with Gasteiger partial charge in [-0.1, -0.05) is 51.5 Å². The van der Waals surface area contributed by atoms with Crippen molar-refractivity contribution >= 4 is 17.4 Å². The highest BCUT2D eigenvalue weighted by Crippen LogP contribution is 2.40. The molecule has 194 valence electrons. The van der Waals surface area contributed by atoms with Gasteiger partial charge in [0.05, 0.1) is 24.8 Å². The van der Waals surface area contributed by atoms with E-state index in [1.165, 1.54) is 0 Å². The van der Waals surface area contributed by atoms with Crippen molar-refractivity contribution in [1.29, 1.82) is 0 Å². The Bertz CT molecular complexity index is 1060. The van der Waals surface area contributed by atoms with Crippen LogP contribution < -0.4 is 9.47 Å². The number of ketones is 1. The molecule has 1 fully saturated rings. The molecule has 0 bridgehead atoms. The van der Waals surface area contributed by atoms with Gasteiger partial charge in [0.2, 0.25) is 0 Å². The molecule has 0 aliphatic carbocycles. The summed E-state index contributed by atoms with van der Waals surface area (Å²) < 4.78 is 11.4. The number of hydrogen-bond acceptors (Lipinski definition) is 6. The summed E-state index contributed by atoms with van der Waals surface area (Å²) in [4.78, 5) is 30.3. The largest absolute Gasteiger partial charge is 0.507 e. The van der Waals surface area contributed by atoms with E-state index in [0.717, 1.165) is 31.5 Å². The lowest BCUT2D eigenvalue weighted by Gasteiger charge is -2.28. The van der Waals surface area contributed by atoms with Gasteiger partial charge in [0.25, 0.3) is 11.7 Å². The molecule has 1 saturated heterocycles. The van der Waals surface area contributed by atoms with E-state index in [0.29, 0.717) is 43.4 Å². The predicted octanol–water partition coefficient (Wildman–Crippen LogP) is 5.03. The molecule has 1 heterocycles. The third-order valence-corrected chi connectivity index (χ3v) is 6.47. The highest BCUT2D eigenvalue weighted by Gasteiger charge is 2.46. The van der Waals surface area contributed by atoms with Crippen LogP contribution in [-0.4, -0.2) is 66.0 Å². The van der Waals surface area contributed by atoms with Crippen LogP contribution in [-0.2, 0) is 9.59 Å². The topological polar surface area (TPSA) is 79.3 Å². The van der Waals surface area contributed by atoms with Crippen molar-refractivity contribution in [1.82, 2.24) is 9.80 Å². The number of aliphatic hydroxyl groups excluding tert-OH is 1. The van der Waals surface area contributed by atoms with E-state index in [-0.39, 0.29) is 11.3 Å². The first-order chi connectivity index (χ1) is 17.4. The van der Waals surface area contributed by atoms with Gasteiger partial charge in [0.1, 0.15) is 17.3 Å². The molecule has 0 spiro atoms. The Kier molecular flexibility index (Phi) is 9.94. The number of carbonyl (C=O) groups is 2. The van der Waals surface area contributed by atoms with Crippen LogP contribution in [0.5, 0.6) is 11.5 Å². The van der Waals surface area contributed by atoms with Crippen molar-refractivity contribution in [3.8, 4) is 11.5 Å². The van der Waals surface area contributed by atoms with Gasteiger partial charge in [0.15, 0.2) is 0 Å². The molecule has 1 unspecified atom stereocenters. The van der Waals surface area contributed by atoms with Gasteiger partial charge in [-0.05, 0) is 56.3 Å². The van der Waals surface area contributed by atoms with Crippen molar-refractivity contribution in [3.05, 3.63) is 65.2 Å². The fourth-order valence-electron chi connectivity index (χ4n) is 4.38. The van der Waals surface area contributed by atoms with Gasteiger partial charge in [-0.25, -0.2) is 0 Å². The number of likely N-dealkylation sites (tertiary alicyclic amines) is 1. The maximum Gasteiger partial charge on any atom is 0.295 e. The minimum atomic E-state index is -0.694. The normalized spacial score (nSPS) is 17.1. The highest BCUT2D eigenvalue weighted by molar-refractivity contribution is 6.46. The zero-order valence-electron chi connectivity index (χ0n) is 21.8. The van der Waals surface area contributed by atoms with E-state index >= 15 is 0 Å². The minimum absolute atomic E-state index is 0.0921. The Morgan fingerprint density at radius 2 is 1.69 bits per heavy atom. The molecule has 0 radical (unpaired) electrons. The number of likely N-dealkylation sites (N-methyl/N-ethyl adjacent to an activating group) is 1. The van der Waals surface area contributed by atoms with Crippen molar-refractivity contribution in [2.24, 2.45) is 0 Å². The van der Waals surface area contributed by atoms with Crippen LogP contribution >= 0.6 is 0 Å². The van der Waals surface area contributed by atoms with Crippen molar-refractivity contribution in [2.75, 3.05) is 39.4 Å². The number of ether oxygens (including phenoxy) is 2. The first-order valence-electron chi connectivity index (χ1n) is 12.9. The molecule has 1 atom stereocenters. The second-order valence-electron chi connectivity index (χ2n) is 8.75. The SMILES string of the molecule is CCCCOc1cccc(/C(O)=C2\C(=O)C(=O)N(CCN(CC)CC)C2c2ccc(OCC)cc2)c1. The molecule has 1 N–H and O–H groups in total. The first-order valence-corrected chi connectivity index (χ1v) is 12.9. The van der Waals surface area contributed by atoms with E-state index < -0.39 is 17.7 Å². The lowest BCUT2D eigenvalue weighted by molar-refractivity contribution is -0.140. The molecule has 7 nitrogen and oxygen atoms in total. The molecule has 1 amide bonds. The van der Waals surface area contributed by atoms with Gasteiger partial charge in [0, 0.05) is 18.7 Å². The predicted molar refractivity (Wildman–Crippen MR) is 141 cm³/mol. The van der Waals surface area contributed by atoms with Gasteiger partial charge in [-0.3, -0.25) is 9.59 Å². The van der Waals surface area contributed by atoms with Crippen LogP contribution in [0.4, 0.5) is 0 Å². The Morgan fingerprint density at radius 1 is 0.972 bits per heavy atom. The molecule has 36 heavy (non-hydrogen) atoms. The van der Waals surface area contributed by atoms with E-state index in [1.54, 1.807) is 23.1 Å². The van der Waals surface area contributed by atoms with E-state index in [2.05, 4.69) is 25.7 Å². The Labute approximate surface area is 214 Å². The zero-order valence-corrected chi connectivity index (χ0v) is 21.8. The van der Waals surface area contributed by atoms with Crippen molar-refractivity contribution in [3.63, 3.8) is 0 Å². The number of unbranched alkanes of at least 4 members (excludes halogenated alkanes) is 1. The number of amides is 1. The maximum absolute atomic E-state index is 13.3. The van der Waals surface area contributed by atoms with Gasteiger partial charge >= 0.3 is 0 Å². The quantitative estimate of drug-likeness (QED) is 0.182. The molecular weight excluding hydrogens is 456 g/mol. The van der Waals surface area contributed by atoms with Gasteiger partial charge in [-0.15, -0.1) is 0 Å². The van der Waals surface area contributed by atoms with E-state index in [1.807, 2.05) is 37.3 Å². The number of hydrogen-bond donors (Lipinski definition) is 1. The van der Waals surface area contributed by atoms with E-state index in [9.17, 15) is 14.7 Å². The number of carbonyl (C=O) groups excluding carboxylic acids is 2. The average Bonchev–Trinajstić information content (AvgIpc) is 3.15. The molecule has 2 aromatic rings. The zero-order chi connectivity index (χ0) is 26.1. The Hall–Kier alpha value is -3.32. The summed E-state index contributed by atoms with van der Waals surface area (Å²) in [6.07, 6.45) is 1.93. The van der Waals surface area contributed by atoms with Gasteiger partial charge in [-0.2, -0.15) is 0 Å². The summed E-state index contributed by atoms with van der Waals surface area (Å²) in [5.41, 5.74) is 1.28. The monoisotopic (exact) mass is 494 g/mol. The molecule has 1 aliphatic heterocycles. The summed E-state index contributed by atoms with van der Waals surface area (Å²) in [6.45, 7) is 11.9. The summed E-state index contributed by atoms with van der Waals surface area (Å²) in [5.74, 6) is -0.154. The maximum atomic E-state index is 13.3. The second-order valence-corrected chi connectivity index (χ2v) is 8.75. The lowest BCUT2D eigenvalue weighted by Crippen LogP contribution is -2.38. The summed E-state index contributed by atoms with van der Waals surface area (Å²) >= 11 is 0. The van der Waals surface area contributed by atoms with Crippen LogP contribution in [0.15, 0.2) is 54.1 Å². The molecule has 0 aromatic heterocycles. The third kappa shape index (κ3) is 6.26. The summed E-state index contributed by atoms with van der Waals surface area (Å²) in [7, 11) is 0. The van der Waals surface area contributed by atoms with Crippen molar-refractivity contribution < 1.29 is 24.2 Å². The number of benzene rings is 2. The number of aliphatic hydroxyl groups is 1. The van der Waals surface area contributed by atoms with Crippen LogP contribution in [0.3, 0.4) is 0 Å². The van der Waals surface area contributed by atoms with Gasteiger partial charge < -0.3 is 24.4 Å². The van der Waals surface area contributed by atoms with Crippen molar-refractivity contribution in [2.45, 2.75) is 46.6 Å². The molecular formula is C29H38N2O5. The average molecular weight is 495 g/mol. The molecule has 7 heteroatoms. The standard InChI is InChI=1S/C29H38N2O5/c1-5-9-19-36-24-12-10-11-22(20-24)27(32)25-26(21-13-15-23(16-14-21)35-8-4)31(29(34)28(25)33)18-17-30(6-2)7-3/h10-16,20,26,32H,5-9,17-19H2,1-4H3/b27-25+. The van der Waals surface area contributed by atoms with Crippen LogP contribution in [0.1, 0.15) is 57.7 Å². The van der Waals surface area contributed by atoms with E-state index in [4.69, 9.17) is 9.47 Å². The van der Waals surface area contributed by atoms with Crippen LogP contribution in [0.25, 0.3) is 5.76 Å². The molecule has 1 aliphatic rings. The molecule has 3 rings (SSSR count). The fourth-order valence-corrected chi connectivity index (χ4v) is 4.38. The minimum Gasteiger partial charge on any atom is -0.507 e. The highest BCUT2D eigenvalue weighted by atomic mass is 16.5. The molecule has 0 saturated carbocycles. The molecule has 2 aromatic carbocycles. The second kappa shape index (κ2) is 13.1. The number of nitrogens with zero attached hydrogens (tertiary/aromatic N) is 2. The Morgan fingerprint density at radius 3 is 2.33 bits per heavy atom. The van der Waals surface area contributed by atoms with Crippen LogP contribution in [0.2, 0.25) is 0 Å². The number of Topliss-reactive ketones (excluding diaryl/α,β-unsaturated/α-hetero) is 1. The summed E-state index contributed by atoms with van der Waals surface area (Å²) in [5, 5.41) is 11.4. The van der Waals surface area contributed by atoms with Crippen LogP contribution in [0, 0.1) is 0 Å². The fraction of sp³-hybridized carbons (Fsp3) is 0.448.